The molecule has 1 heterocycles. The van der Waals surface area contributed by atoms with Crippen molar-refractivity contribution in [1.29, 1.82) is 0 Å². The number of carbonyl (C=O) groups is 1. The molecule has 7 heteroatoms. The van der Waals surface area contributed by atoms with Crippen LogP contribution in [0.2, 0.25) is 0 Å². The Morgan fingerprint density at radius 3 is 3.00 bits per heavy atom. The first-order valence-electron chi connectivity index (χ1n) is 5.51. The Labute approximate surface area is 109 Å². The third-order valence-electron chi connectivity index (χ3n) is 2.54. The van der Waals surface area contributed by atoms with Gasteiger partial charge < -0.3 is 16.3 Å². The number of nitrogens with two attached hydrogens (primary N) is 1. The highest BCUT2D eigenvalue weighted by Gasteiger charge is 2.13. The number of hydrogen-bond acceptors (Lipinski definition) is 4. The lowest BCUT2D eigenvalue weighted by Gasteiger charge is -2.05. The van der Waals surface area contributed by atoms with E-state index in [0.29, 0.717) is 11.1 Å². The van der Waals surface area contributed by atoms with Gasteiger partial charge in [0.1, 0.15) is 5.82 Å². The molecule has 0 radical (unpaired) electrons. The summed E-state index contributed by atoms with van der Waals surface area (Å²) < 4.78 is 0. The van der Waals surface area contributed by atoms with Crippen molar-refractivity contribution in [2.75, 3.05) is 5.32 Å². The summed E-state index contributed by atoms with van der Waals surface area (Å²) in [6.45, 7) is 1.90. The Bertz CT molecular complexity index is 633. The summed E-state index contributed by atoms with van der Waals surface area (Å²) >= 11 is 0. The van der Waals surface area contributed by atoms with Gasteiger partial charge in [0.2, 0.25) is 0 Å². The molecule has 1 aromatic heterocycles. The van der Waals surface area contributed by atoms with E-state index in [1.54, 1.807) is 18.2 Å². The smallest absolute Gasteiger partial charge is 0.256 e. The summed E-state index contributed by atoms with van der Waals surface area (Å²) in [5.74, 6) is -0.157. The van der Waals surface area contributed by atoms with Crippen LogP contribution < -0.4 is 11.1 Å². The van der Waals surface area contributed by atoms with Crippen molar-refractivity contribution in [1.82, 2.24) is 10.2 Å². The molecule has 0 fully saturated rings. The molecule has 98 valence electrons. The predicted molar refractivity (Wildman–Crippen MR) is 70.2 cm³/mol. The molecule has 2 rings (SSSR count). The summed E-state index contributed by atoms with van der Waals surface area (Å²) in [5, 5.41) is 20.4. The predicted octanol–water partition coefficient (Wildman–Crippen LogP) is 1.06. The van der Waals surface area contributed by atoms with Crippen LogP contribution in [0.4, 0.5) is 5.82 Å². The van der Waals surface area contributed by atoms with Gasteiger partial charge in [-0.2, -0.15) is 5.10 Å². The second kappa shape index (κ2) is 5.21. The molecule has 0 unspecified atom stereocenters. The monoisotopic (exact) mass is 259 g/mol. The van der Waals surface area contributed by atoms with Crippen molar-refractivity contribution in [2.45, 2.75) is 6.92 Å². The number of hydrogen-bond donors (Lipinski definition) is 4. The average molecular weight is 259 g/mol. The third kappa shape index (κ3) is 2.71. The largest absolute Gasteiger partial charge is 0.409 e. The highest BCUT2D eigenvalue weighted by Crippen LogP contribution is 2.13. The van der Waals surface area contributed by atoms with Crippen LogP contribution in [-0.4, -0.2) is 27.1 Å². The number of rotatable bonds is 3. The molecule has 0 saturated carbocycles. The lowest BCUT2D eigenvalue weighted by molar-refractivity contribution is 0.102. The van der Waals surface area contributed by atoms with Gasteiger partial charge in [-0.3, -0.25) is 9.89 Å². The van der Waals surface area contributed by atoms with Crippen LogP contribution >= 0.6 is 0 Å². The normalized spacial score (nSPS) is 11.3. The molecule has 0 aliphatic carbocycles. The molecule has 1 amide bonds. The number of amides is 1. The van der Waals surface area contributed by atoms with Crippen LogP contribution in [0.5, 0.6) is 0 Å². The first-order valence-corrected chi connectivity index (χ1v) is 5.51. The fourth-order valence-corrected chi connectivity index (χ4v) is 1.60. The molecule has 0 aliphatic heterocycles. The molecular formula is C12H13N5O2. The van der Waals surface area contributed by atoms with Gasteiger partial charge in [-0.15, -0.1) is 0 Å². The lowest BCUT2D eigenvalue weighted by Crippen LogP contribution is -2.18. The van der Waals surface area contributed by atoms with Crippen LogP contribution in [0, 0.1) is 6.92 Å². The van der Waals surface area contributed by atoms with Crippen molar-refractivity contribution in [2.24, 2.45) is 10.9 Å². The van der Waals surface area contributed by atoms with Crippen LogP contribution in [0.1, 0.15) is 21.5 Å². The van der Waals surface area contributed by atoms with Gasteiger partial charge in [0.05, 0.1) is 11.8 Å². The number of nitrogens with zero attached hydrogens (tertiary/aromatic N) is 2. The first kappa shape index (κ1) is 12.6. The van der Waals surface area contributed by atoms with Gasteiger partial charge in [-0.1, -0.05) is 22.9 Å². The molecule has 0 atom stereocenters. The highest BCUT2D eigenvalue weighted by atomic mass is 16.4. The molecule has 19 heavy (non-hydrogen) atoms. The zero-order chi connectivity index (χ0) is 13.8. The number of nitrogens with one attached hydrogen (secondary N) is 2. The topological polar surface area (TPSA) is 116 Å². The number of anilines is 1. The van der Waals surface area contributed by atoms with E-state index in [-0.39, 0.29) is 17.6 Å². The Hall–Kier alpha value is -2.83. The number of aryl methyl sites for hydroxylation is 1. The number of oxime groups is 1. The van der Waals surface area contributed by atoms with Crippen molar-refractivity contribution in [3.63, 3.8) is 0 Å². The zero-order valence-electron chi connectivity index (χ0n) is 10.2. The van der Waals surface area contributed by atoms with E-state index in [2.05, 4.69) is 20.7 Å². The molecule has 0 spiro atoms. The number of aromatic nitrogens is 2. The third-order valence-corrected chi connectivity index (χ3v) is 2.54. The SMILES string of the molecule is Cc1cccc(C(=O)Nc2[nH]ncc2C(N)=NO)c1. The maximum absolute atomic E-state index is 12.0. The highest BCUT2D eigenvalue weighted by molar-refractivity contribution is 6.08. The quantitative estimate of drug-likeness (QED) is 0.285. The molecule has 1 aromatic carbocycles. The summed E-state index contributed by atoms with van der Waals surface area (Å²) in [6.07, 6.45) is 1.36. The van der Waals surface area contributed by atoms with E-state index < -0.39 is 0 Å². The Morgan fingerprint density at radius 2 is 2.32 bits per heavy atom. The Balaban J connectivity index is 2.23. The molecule has 7 nitrogen and oxygen atoms in total. The molecule has 0 bridgehead atoms. The lowest BCUT2D eigenvalue weighted by atomic mass is 10.1. The molecular weight excluding hydrogens is 246 g/mol. The van der Waals surface area contributed by atoms with Gasteiger partial charge in [0, 0.05) is 5.56 Å². The van der Waals surface area contributed by atoms with E-state index >= 15 is 0 Å². The van der Waals surface area contributed by atoms with Gasteiger partial charge in [-0.25, -0.2) is 0 Å². The Kier molecular flexibility index (Phi) is 3.46. The van der Waals surface area contributed by atoms with E-state index in [4.69, 9.17) is 10.9 Å². The number of H-pyrrole nitrogens is 1. The fourth-order valence-electron chi connectivity index (χ4n) is 1.60. The maximum Gasteiger partial charge on any atom is 0.256 e. The fraction of sp³-hybridized carbons (Fsp3) is 0.0833. The number of amidine groups is 1. The van der Waals surface area contributed by atoms with Crippen molar-refractivity contribution < 1.29 is 10.0 Å². The van der Waals surface area contributed by atoms with Crippen LogP contribution in [0.3, 0.4) is 0 Å². The molecule has 5 N–H and O–H groups in total. The first-order chi connectivity index (χ1) is 9.11. The standard InChI is InChI=1S/C12H13N5O2/c1-7-3-2-4-8(5-7)12(18)15-11-9(6-14-16-11)10(13)17-19/h2-6,19H,1H3,(H2,13,17)(H2,14,15,16,18). The van der Waals surface area contributed by atoms with E-state index in [1.807, 2.05) is 13.0 Å². The van der Waals surface area contributed by atoms with Crippen molar-refractivity contribution in [3.05, 3.63) is 47.2 Å². The second-order valence-electron chi connectivity index (χ2n) is 3.97. The number of benzene rings is 1. The van der Waals surface area contributed by atoms with Gasteiger partial charge in [0.15, 0.2) is 5.84 Å². The molecule has 2 aromatic rings. The summed E-state index contributed by atoms with van der Waals surface area (Å²) in [7, 11) is 0. The summed E-state index contributed by atoms with van der Waals surface area (Å²) in [6, 6.07) is 7.15. The van der Waals surface area contributed by atoms with E-state index in [1.165, 1.54) is 6.20 Å². The van der Waals surface area contributed by atoms with Crippen LogP contribution in [-0.2, 0) is 0 Å². The van der Waals surface area contributed by atoms with Gasteiger partial charge in [0.25, 0.3) is 5.91 Å². The minimum absolute atomic E-state index is 0.131. The maximum atomic E-state index is 12.0. The van der Waals surface area contributed by atoms with Gasteiger partial charge in [-0.05, 0) is 19.1 Å². The van der Waals surface area contributed by atoms with Gasteiger partial charge >= 0.3 is 0 Å². The molecule has 0 aliphatic rings. The summed E-state index contributed by atoms with van der Waals surface area (Å²) in [5.41, 5.74) is 7.28. The van der Waals surface area contributed by atoms with E-state index in [9.17, 15) is 4.79 Å². The minimum Gasteiger partial charge on any atom is -0.409 e. The van der Waals surface area contributed by atoms with E-state index in [0.717, 1.165) is 5.56 Å². The zero-order valence-corrected chi connectivity index (χ0v) is 10.2. The summed E-state index contributed by atoms with van der Waals surface area (Å²) in [4.78, 5) is 12.0. The second-order valence-corrected chi connectivity index (χ2v) is 3.97. The number of carbonyl (C=O) groups excluding carboxylic acids is 1. The average Bonchev–Trinajstić information content (AvgIpc) is 2.86. The molecule has 0 saturated heterocycles. The minimum atomic E-state index is -0.306. The van der Waals surface area contributed by atoms with Crippen molar-refractivity contribution in [3.8, 4) is 0 Å². The van der Waals surface area contributed by atoms with Crippen LogP contribution in [0.25, 0.3) is 0 Å². The Morgan fingerprint density at radius 1 is 1.53 bits per heavy atom. The number of aromatic amines is 1. The van der Waals surface area contributed by atoms with Crippen LogP contribution in [0.15, 0.2) is 35.6 Å². The van der Waals surface area contributed by atoms with Crippen molar-refractivity contribution >= 4 is 17.6 Å².